The van der Waals surface area contributed by atoms with Gasteiger partial charge in [-0.3, -0.25) is 9.78 Å². The molecule has 3 nitrogen and oxygen atoms in total. The Morgan fingerprint density at radius 3 is 2.69 bits per heavy atom. The molecule has 0 saturated carbocycles. The number of fused-ring (bicyclic) bond motifs is 1. The lowest BCUT2D eigenvalue weighted by Gasteiger charge is -2.10. The molecule has 0 aliphatic heterocycles. The summed E-state index contributed by atoms with van der Waals surface area (Å²) in [6.07, 6.45) is -1.94. The third kappa shape index (κ3) is 1.56. The molecule has 0 fully saturated rings. The van der Waals surface area contributed by atoms with Crippen molar-refractivity contribution in [2.75, 3.05) is 0 Å². The molecular weight excluding hydrogens is 221 g/mol. The first-order chi connectivity index (χ1) is 7.41. The van der Waals surface area contributed by atoms with Crippen molar-refractivity contribution in [3.05, 3.63) is 39.9 Å². The van der Waals surface area contributed by atoms with Crippen LogP contribution in [0.2, 0.25) is 0 Å². The van der Waals surface area contributed by atoms with Gasteiger partial charge < -0.3 is 4.98 Å². The second kappa shape index (κ2) is 3.33. The molecule has 0 aliphatic rings. The molecule has 0 radical (unpaired) electrons. The normalized spacial score (nSPS) is 12.0. The van der Waals surface area contributed by atoms with Gasteiger partial charge in [0.2, 0.25) is 0 Å². The monoisotopic (exact) mass is 228 g/mol. The molecule has 84 valence electrons. The van der Waals surface area contributed by atoms with E-state index < -0.39 is 17.3 Å². The molecule has 0 unspecified atom stereocenters. The molecule has 0 aromatic carbocycles. The molecule has 0 aliphatic carbocycles. The first kappa shape index (κ1) is 10.7. The standard InChI is InChI=1S/C10H7F3N2O/c1-5-6-4-14-3-2-7(6)15-9(16)8(5)10(11,12)13/h2-4H,1H3,(H,15,16). The lowest BCUT2D eigenvalue weighted by molar-refractivity contribution is -0.139. The van der Waals surface area contributed by atoms with Crippen LogP contribution in [0.3, 0.4) is 0 Å². The zero-order chi connectivity index (χ0) is 11.9. The summed E-state index contributed by atoms with van der Waals surface area (Å²) in [5.74, 6) is 0. The van der Waals surface area contributed by atoms with Crippen LogP contribution in [-0.2, 0) is 6.18 Å². The number of hydrogen-bond donors (Lipinski definition) is 1. The number of halogens is 3. The van der Waals surface area contributed by atoms with E-state index in [0.29, 0.717) is 10.9 Å². The van der Waals surface area contributed by atoms with Crippen molar-refractivity contribution in [1.82, 2.24) is 9.97 Å². The van der Waals surface area contributed by atoms with Gasteiger partial charge in [-0.1, -0.05) is 0 Å². The van der Waals surface area contributed by atoms with Gasteiger partial charge in [0.05, 0.1) is 5.52 Å². The highest BCUT2D eigenvalue weighted by Gasteiger charge is 2.36. The molecule has 0 saturated heterocycles. The maximum atomic E-state index is 12.6. The second-order valence-electron chi connectivity index (χ2n) is 3.37. The van der Waals surface area contributed by atoms with Gasteiger partial charge in [0.25, 0.3) is 5.56 Å². The predicted octanol–water partition coefficient (Wildman–Crippen LogP) is 2.25. The largest absolute Gasteiger partial charge is 0.421 e. The van der Waals surface area contributed by atoms with Crippen LogP contribution in [0.25, 0.3) is 10.9 Å². The van der Waals surface area contributed by atoms with Crippen LogP contribution in [-0.4, -0.2) is 9.97 Å². The van der Waals surface area contributed by atoms with E-state index in [4.69, 9.17) is 0 Å². The third-order valence-corrected chi connectivity index (χ3v) is 2.36. The van der Waals surface area contributed by atoms with Crippen molar-refractivity contribution in [3.63, 3.8) is 0 Å². The lowest BCUT2D eigenvalue weighted by Crippen LogP contribution is -2.23. The highest BCUT2D eigenvalue weighted by Crippen LogP contribution is 2.31. The number of aryl methyl sites for hydroxylation is 1. The highest BCUT2D eigenvalue weighted by molar-refractivity contribution is 5.81. The number of alkyl halides is 3. The Morgan fingerprint density at radius 1 is 1.38 bits per heavy atom. The summed E-state index contributed by atoms with van der Waals surface area (Å²) >= 11 is 0. The first-order valence-electron chi connectivity index (χ1n) is 4.45. The quantitative estimate of drug-likeness (QED) is 0.751. The summed E-state index contributed by atoms with van der Waals surface area (Å²) in [6, 6.07) is 1.46. The third-order valence-electron chi connectivity index (χ3n) is 2.36. The molecular formula is C10H7F3N2O. The van der Waals surface area contributed by atoms with Gasteiger partial charge in [0.15, 0.2) is 0 Å². The minimum Gasteiger partial charge on any atom is -0.321 e. The molecule has 1 N–H and O–H groups in total. The fourth-order valence-corrected chi connectivity index (χ4v) is 1.63. The summed E-state index contributed by atoms with van der Waals surface area (Å²) in [4.78, 5) is 17.2. The van der Waals surface area contributed by atoms with Gasteiger partial charge in [0.1, 0.15) is 5.56 Å². The molecule has 0 bridgehead atoms. The van der Waals surface area contributed by atoms with Gasteiger partial charge in [0, 0.05) is 17.8 Å². The van der Waals surface area contributed by atoms with E-state index in [1.807, 2.05) is 0 Å². The van der Waals surface area contributed by atoms with Crippen molar-refractivity contribution >= 4 is 10.9 Å². The molecule has 0 atom stereocenters. The van der Waals surface area contributed by atoms with Gasteiger partial charge >= 0.3 is 6.18 Å². The maximum Gasteiger partial charge on any atom is 0.421 e. The minimum absolute atomic E-state index is 0.0978. The molecule has 2 aromatic rings. The van der Waals surface area contributed by atoms with Crippen molar-refractivity contribution in [1.29, 1.82) is 0 Å². The van der Waals surface area contributed by atoms with Gasteiger partial charge in [-0.2, -0.15) is 13.2 Å². The Labute approximate surface area is 87.9 Å². The Morgan fingerprint density at radius 2 is 2.06 bits per heavy atom. The van der Waals surface area contributed by atoms with Crippen molar-refractivity contribution in [2.45, 2.75) is 13.1 Å². The van der Waals surface area contributed by atoms with E-state index >= 15 is 0 Å². The Kier molecular flexibility index (Phi) is 2.22. The highest BCUT2D eigenvalue weighted by atomic mass is 19.4. The van der Waals surface area contributed by atoms with Crippen LogP contribution in [0.4, 0.5) is 13.2 Å². The fourth-order valence-electron chi connectivity index (χ4n) is 1.63. The molecule has 6 heteroatoms. The molecule has 16 heavy (non-hydrogen) atoms. The molecule has 2 heterocycles. The van der Waals surface area contributed by atoms with Crippen LogP contribution in [0, 0.1) is 6.92 Å². The van der Waals surface area contributed by atoms with Crippen LogP contribution in [0.1, 0.15) is 11.1 Å². The number of rotatable bonds is 0. The summed E-state index contributed by atoms with van der Waals surface area (Å²) in [5.41, 5.74) is -2.03. The smallest absolute Gasteiger partial charge is 0.321 e. The van der Waals surface area contributed by atoms with Crippen molar-refractivity contribution in [3.8, 4) is 0 Å². The van der Waals surface area contributed by atoms with Gasteiger partial charge in [-0.15, -0.1) is 0 Å². The van der Waals surface area contributed by atoms with E-state index in [-0.39, 0.29) is 5.56 Å². The van der Waals surface area contributed by atoms with Gasteiger partial charge in [-0.05, 0) is 18.6 Å². The number of pyridine rings is 2. The second-order valence-corrected chi connectivity index (χ2v) is 3.37. The van der Waals surface area contributed by atoms with E-state index in [0.717, 1.165) is 0 Å². The number of nitrogens with one attached hydrogen (secondary N) is 1. The number of hydrogen-bond acceptors (Lipinski definition) is 2. The number of aromatic nitrogens is 2. The van der Waals surface area contributed by atoms with E-state index in [1.165, 1.54) is 25.4 Å². The number of nitrogens with zero attached hydrogens (tertiary/aromatic N) is 1. The SMILES string of the molecule is Cc1c(C(F)(F)F)c(=O)[nH]c2ccncc12. The van der Waals surface area contributed by atoms with Crippen LogP contribution < -0.4 is 5.56 Å². The average Bonchev–Trinajstić information content (AvgIpc) is 2.15. The predicted molar refractivity (Wildman–Crippen MR) is 52.1 cm³/mol. The topological polar surface area (TPSA) is 45.8 Å². The van der Waals surface area contributed by atoms with Crippen molar-refractivity contribution in [2.24, 2.45) is 0 Å². The Balaban J connectivity index is 2.92. The van der Waals surface area contributed by atoms with Gasteiger partial charge in [-0.25, -0.2) is 0 Å². The Bertz CT molecular complexity index is 601. The average molecular weight is 228 g/mol. The summed E-state index contributed by atoms with van der Waals surface area (Å²) in [7, 11) is 0. The fraction of sp³-hybridized carbons (Fsp3) is 0.200. The zero-order valence-electron chi connectivity index (χ0n) is 8.22. The number of H-pyrrole nitrogens is 1. The molecule has 2 rings (SSSR count). The van der Waals surface area contributed by atoms with E-state index in [9.17, 15) is 18.0 Å². The van der Waals surface area contributed by atoms with Crippen LogP contribution >= 0.6 is 0 Å². The summed E-state index contributed by atoms with van der Waals surface area (Å²) < 4.78 is 37.8. The van der Waals surface area contributed by atoms with Crippen molar-refractivity contribution < 1.29 is 13.2 Å². The maximum absolute atomic E-state index is 12.6. The van der Waals surface area contributed by atoms with E-state index in [1.54, 1.807) is 0 Å². The first-order valence-corrected chi connectivity index (χ1v) is 4.45. The summed E-state index contributed by atoms with van der Waals surface area (Å²) in [5, 5.41) is 0.300. The molecule has 2 aromatic heterocycles. The summed E-state index contributed by atoms with van der Waals surface area (Å²) in [6.45, 7) is 1.27. The lowest BCUT2D eigenvalue weighted by atomic mass is 10.1. The van der Waals surface area contributed by atoms with E-state index in [2.05, 4.69) is 9.97 Å². The Hall–Kier alpha value is -1.85. The number of aromatic amines is 1. The molecule has 0 spiro atoms. The van der Waals surface area contributed by atoms with Crippen LogP contribution in [0.15, 0.2) is 23.3 Å². The molecule has 0 amide bonds. The minimum atomic E-state index is -4.65. The van der Waals surface area contributed by atoms with Crippen LogP contribution in [0.5, 0.6) is 0 Å². The zero-order valence-corrected chi connectivity index (χ0v) is 8.22.